The number of halogens is 2. The Hall–Kier alpha value is -1.98. The van der Waals surface area contributed by atoms with Crippen molar-refractivity contribution in [1.29, 1.82) is 0 Å². The van der Waals surface area contributed by atoms with Gasteiger partial charge in [0.2, 0.25) is 6.41 Å². The van der Waals surface area contributed by atoms with Crippen molar-refractivity contribution in [2.45, 2.75) is 25.9 Å². The zero-order valence-corrected chi connectivity index (χ0v) is 9.93. The summed E-state index contributed by atoms with van der Waals surface area (Å²) in [5, 5.41) is 9.09. The highest BCUT2D eigenvalue weighted by Crippen LogP contribution is 2.27. The van der Waals surface area contributed by atoms with Gasteiger partial charge < -0.3 is 10.0 Å². The quantitative estimate of drug-likeness (QED) is 0.820. The molecule has 0 aromatic heterocycles. The van der Waals surface area contributed by atoms with Gasteiger partial charge in [0.25, 0.3) is 0 Å². The Morgan fingerprint density at radius 1 is 1.33 bits per heavy atom. The van der Waals surface area contributed by atoms with Crippen molar-refractivity contribution in [3.8, 4) is 0 Å². The molecule has 1 atom stereocenters. The number of carbonyl (C=O) groups excluding carboxylic acids is 1. The molecule has 1 N–H and O–H groups in total. The Labute approximate surface area is 103 Å². The number of benzene rings is 1. The van der Waals surface area contributed by atoms with Crippen LogP contribution in [0.1, 0.15) is 25.5 Å². The number of carboxylic acids is 1. The first-order valence-corrected chi connectivity index (χ1v) is 5.29. The fourth-order valence-corrected chi connectivity index (χ4v) is 1.65. The van der Waals surface area contributed by atoms with E-state index in [2.05, 4.69) is 0 Å². The van der Waals surface area contributed by atoms with Crippen LogP contribution in [0.5, 0.6) is 0 Å². The second kappa shape index (κ2) is 5.57. The molecule has 6 heteroatoms. The van der Waals surface area contributed by atoms with Crippen LogP contribution in [0.3, 0.4) is 0 Å². The van der Waals surface area contributed by atoms with Gasteiger partial charge in [0.1, 0.15) is 11.6 Å². The van der Waals surface area contributed by atoms with Gasteiger partial charge in [0, 0.05) is 6.04 Å². The average molecular weight is 257 g/mol. The van der Waals surface area contributed by atoms with Crippen molar-refractivity contribution in [2.24, 2.45) is 0 Å². The summed E-state index contributed by atoms with van der Waals surface area (Å²) in [6.07, 6.45) is 0.273. The predicted octanol–water partition coefficient (Wildman–Crippen LogP) is 1.96. The molecule has 0 aliphatic rings. The summed E-state index contributed by atoms with van der Waals surface area (Å²) in [6.45, 7) is 3.12. The Morgan fingerprint density at radius 3 is 2.17 bits per heavy atom. The molecular weight excluding hydrogens is 244 g/mol. The summed E-state index contributed by atoms with van der Waals surface area (Å²) in [5.74, 6) is -3.47. The molecule has 0 saturated carbocycles. The van der Waals surface area contributed by atoms with Gasteiger partial charge in [0.15, 0.2) is 6.04 Å². The summed E-state index contributed by atoms with van der Waals surface area (Å²) in [4.78, 5) is 22.9. The van der Waals surface area contributed by atoms with Crippen molar-refractivity contribution in [1.82, 2.24) is 4.90 Å². The first kappa shape index (κ1) is 14.1. The van der Waals surface area contributed by atoms with Gasteiger partial charge >= 0.3 is 5.97 Å². The zero-order valence-electron chi connectivity index (χ0n) is 9.93. The first-order valence-electron chi connectivity index (χ1n) is 5.29. The molecule has 0 fully saturated rings. The standard InChI is InChI=1S/C12H13F2NO3/c1-7(2)15(6-16)11(12(17)18)10-8(13)4-3-5-9(10)14/h3-7,11H,1-2H3,(H,17,18). The molecule has 18 heavy (non-hydrogen) atoms. The molecule has 98 valence electrons. The second-order valence-electron chi connectivity index (χ2n) is 4.02. The highest BCUT2D eigenvalue weighted by atomic mass is 19.1. The third-order valence-electron chi connectivity index (χ3n) is 2.52. The molecule has 0 spiro atoms. The fourth-order valence-electron chi connectivity index (χ4n) is 1.65. The molecule has 4 nitrogen and oxygen atoms in total. The Morgan fingerprint density at radius 2 is 1.83 bits per heavy atom. The number of rotatable bonds is 5. The summed E-state index contributed by atoms with van der Waals surface area (Å²) in [5.41, 5.74) is -0.634. The molecule has 0 saturated heterocycles. The lowest BCUT2D eigenvalue weighted by Crippen LogP contribution is -2.39. The van der Waals surface area contributed by atoms with Crippen LogP contribution in [0.2, 0.25) is 0 Å². The molecule has 1 aromatic rings. The van der Waals surface area contributed by atoms with E-state index in [-0.39, 0.29) is 6.41 Å². The minimum atomic E-state index is -1.68. The van der Waals surface area contributed by atoms with Crippen molar-refractivity contribution in [3.63, 3.8) is 0 Å². The van der Waals surface area contributed by atoms with Crippen LogP contribution in [0, 0.1) is 11.6 Å². The van der Waals surface area contributed by atoms with Gasteiger partial charge in [-0.05, 0) is 26.0 Å². The number of hydrogen-bond acceptors (Lipinski definition) is 2. The molecule has 0 radical (unpaired) electrons. The highest BCUT2D eigenvalue weighted by Gasteiger charge is 2.33. The lowest BCUT2D eigenvalue weighted by molar-refractivity contribution is -0.148. The molecule has 1 amide bonds. The maximum Gasteiger partial charge on any atom is 0.331 e. The summed E-state index contributed by atoms with van der Waals surface area (Å²) >= 11 is 0. The van der Waals surface area contributed by atoms with E-state index in [0.29, 0.717) is 0 Å². The van der Waals surface area contributed by atoms with Gasteiger partial charge in [-0.15, -0.1) is 0 Å². The van der Waals surface area contributed by atoms with Gasteiger partial charge in [0.05, 0.1) is 5.56 Å². The van der Waals surface area contributed by atoms with Crippen LogP contribution in [0.15, 0.2) is 18.2 Å². The summed E-state index contributed by atoms with van der Waals surface area (Å²) < 4.78 is 27.2. The molecule has 0 aliphatic carbocycles. The maximum absolute atomic E-state index is 13.6. The fraction of sp³-hybridized carbons (Fsp3) is 0.333. The van der Waals surface area contributed by atoms with Crippen molar-refractivity contribution in [3.05, 3.63) is 35.4 Å². The number of aliphatic carboxylic acids is 1. The maximum atomic E-state index is 13.6. The van der Waals surface area contributed by atoms with Crippen LogP contribution >= 0.6 is 0 Å². The topological polar surface area (TPSA) is 57.6 Å². The highest BCUT2D eigenvalue weighted by molar-refractivity contribution is 5.78. The van der Waals surface area contributed by atoms with Crippen molar-refractivity contribution < 1.29 is 23.5 Å². The molecule has 0 heterocycles. The minimum absolute atomic E-state index is 0.273. The van der Waals surface area contributed by atoms with E-state index in [1.807, 2.05) is 0 Å². The van der Waals surface area contributed by atoms with E-state index in [4.69, 9.17) is 5.11 Å². The largest absolute Gasteiger partial charge is 0.479 e. The number of nitrogens with zero attached hydrogens (tertiary/aromatic N) is 1. The van der Waals surface area contributed by atoms with E-state index in [9.17, 15) is 18.4 Å². The smallest absolute Gasteiger partial charge is 0.331 e. The first-order chi connectivity index (χ1) is 8.40. The SMILES string of the molecule is CC(C)N(C=O)C(C(=O)O)c1c(F)cccc1F. The van der Waals surface area contributed by atoms with Gasteiger partial charge in [-0.1, -0.05) is 6.07 Å². The Bertz CT molecular complexity index is 442. The molecule has 0 bridgehead atoms. The zero-order chi connectivity index (χ0) is 13.9. The van der Waals surface area contributed by atoms with Crippen molar-refractivity contribution >= 4 is 12.4 Å². The lowest BCUT2D eigenvalue weighted by Gasteiger charge is -2.29. The van der Waals surface area contributed by atoms with E-state index < -0.39 is 35.3 Å². The number of carboxylic acid groups (broad SMARTS) is 1. The summed E-state index contributed by atoms with van der Waals surface area (Å²) in [6, 6.07) is 0.870. The molecule has 1 unspecified atom stereocenters. The van der Waals surface area contributed by atoms with Crippen molar-refractivity contribution in [2.75, 3.05) is 0 Å². The van der Waals surface area contributed by atoms with E-state index in [0.717, 1.165) is 23.1 Å². The number of amides is 1. The van der Waals surface area contributed by atoms with E-state index >= 15 is 0 Å². The summed E-state index contributed by atoms with van der Waals surface area (Å²) in [7, 11) is 0. The second-order valence-corrected chi connectivity index (χ2v) is 4.02. The monoisotopic (exact) mass is 257 g/mol. The molecule has 1 aromatic carbocycles. The third-order valence-corrected chi connectivity index (χ3v) is 2.52. The van der Waals surface area contributed by atoms with Crippen LogP contribution in [-0.4, -0.2) is 28.4 Å². The normalized spacial score (nSPS) is 12.3. The predicted molar refractivity (Wildman–Crippen MR) is 59.8 cm³/mol. The van der Waals surface area contributed by atoms with Crippen LogP contribution in [0.25, 0.3) is 0 Å². The van der Waals surface area contributed by atoms with Gasteiger partial charge in [-0.25, -0.2) is 13.6 Å². The third kappa shape index (κ3) is 2.64. The number of carbonyl (C=O) groups is 2. The molecule has 1 rings (SSSR count). The average Bonchev–Trinajstić information content (AvgIpc) is 2.26. The van der Waals surface area contributed by atoms with Crippen LogP contribution in [-0.2, 0) is 9.59 Å². The van der Waals surface area contributed by atoms with Crippen LogP contribution in [0.4, 0.5) is 8.78 Å². The minimum Gasteiger partial charge on any atom is -0.479 e. The van der Waals surface area contributed by atoms with E-state index in [1.165, 1.54) is 0 Å². The van der Waals surface area contributed by atoms with Crippen LogP contribution < -0.4 is 0 Å². The van der Waals surface area contributed by atoms with E-state index in [1.54, 1.807) is 13.8 Å². The Balaban J connectivity index is 3.37. The lowest BCUT2D eigenvalue weighted by atomic mass is 10.0. The van der Waals surface area contributed by atoms with Gasteiger partial charge in [-0.2, -0.15) is 0 Å². The Kier molecular flexibility index (Phi) is 4.36. The molecule has 0 aliphatic heterocycles. The molecular formula is C12H13F2NO3. The van der Waals surface area contributed by atoms with Gasteiger partial charge in [-0.3, -0.25) is 4.79 Å². The number of hydrogen-bond donors (Lipinski definition) is 1.